The van der Waals surface area contributed by atoms with E-state index in [1.807, 2.05) is 0 Å². The van der Waals surface area contributed by atoms with Gasteiger partial charge in [0.15, 0.2) is 0 Å². The Morgan fingerprint density at radius 3 is 2.95 bits per heavy atom. The van der Waals surface area contributed by atoms with Crippen molar-refractivity contribution < 1.29 is 0 Å². The quantitative estimate of drug-likeness (QED) is 0.891. The molecule has 2 nitrogen and oxygen atoms in total. The van der Waals surface area contributed by atoms with E-state index in [-0.39, 0.29) is 0 Å². The second-order valence-corrected chi connectivity index (χ2v) is 7.12. The Hall–Kier alpha value is -0.220. The van der Waals surface area contributed by atoms with Crippen molar-refractivity contribution in [2.45, 2.75) is 32.4 Å². The second-order valence-electron chi connectivity index (χ2n) is 5.56. The van der Waals surface area contributed by atoms with Crippen molar-refractivity contribution in [1.82, 2.24) is 10.2 Å². The lowest BCUT2D eigenvalue weighted by atomic mass is 9.98. The Labute approximate surface area is 132 Å². The van der Waals surface area contributed by atoms with Crippen LogP contribution in [0.1, 0.15) is 30.5 Å². The van der Waals surface area contributed by atoms with Crippen molar-refractivity contribution in [1.29, 1.82) is 0 Å². The molecule has 1 fully saturated rings. The molecule has 2 atom stereocenters. The molecule has 0 saturated carbocycles. The predicted molar refractivity (Wildman–Crippen MR) is 91.0 cm³/mol. The third-order valence-electron chi connectivity index (χ3n) is 4.00. The average molecular weight is 313 g/mol. The third-order valence-corrected chi connectivity index (χ3v) is 5.45. The van der Waals surface area contributed by atoms with Crippen LogP contribution in [-0.4, -0.2) is 42.6 Å². The first-order chi connectivity index (χ1) is 9.63. The van der Waals surface area contributed by atoms with Crippen LogP contribution in [0.5, 0.6) is 0 Å². The first-order valence-electron chi connectivity index (χ1n) is 7.41. The van der Waals surface area contributed by atoms with Gasteiger partial charge in [0.25, 0.3) is 0 Å². The molecule has 1 saturated heterocycles. The van der Waals surface area contributed by atoms with Crippen LogP contribution in [0.2, 0.25) is 5.02 Å². The van der Waals surface area contributed by atoms with E-state index in [0.717, 1.165) is 23.6 Å². The van der Waals surface area contributed by atoms with Gasteiger partial charge in [-0.05, 0) is 44.1 Å². The minimum Gasteiger partial charge on any atom is -0.309 e. The summed E-state index contributed by atoms with van der Waals surface area (Å²) in [6.07, 6.45) is 1.15. The molecule has 1 aliphatic rings. The minimum absolute atomic E-state index is 0.367. The Morgan fingerprint density at radius 1 is 1.50 bits per heavy atom. The van der Waals surface area contributed by atoms with Crippen LogP contribution >= 0.6 is 23.4 Å². The normalized spacial score (nSPS) is 21.9. The van der Waals surface area contributed by atoms with E-state index in [0.29, 0.717) is 12.1 Å². The molecule has 112 valence electrons. The lowest BCUT2D eigenvalue weighted by Gasteiger charge is -2.38. The number of thioether (sulfide) groups is 1. The molecule has 1 heterocycles. The van der Waals surface area contributed by atoms with Crippen LogP contribution in [0.25, 0.3) is 0 Å². The molecule has 4 heteroatoms. The van der Waals surface area contributed by atoms with Crippen molar-refractivity contribution in [2.75, 3.05) is 31.6 Å². The van der Waals surface area contributed by atoms with Crippen LogP contribution < -0.4 is 5.32 Å². The summed E-state index contributed by atoms with van der Waals surface area (Å²) < 4.78 is 0. The molecular weight excluding hydrogens is 288 g/mol. The molecule has 20 heavy (non-hydrogen) atoms. The van der Waals surface area contributed by atoms with Crippen molar-refractivity contribution >= 4 is 23.4 Å². The minimum atomic E-state index is 0.367. The number of hydrogen-bond acceptors (Lipinski definition) is 3. The van der Waals surface area contributed by atoms with Gasteiger partial charge in [-0.15, -0.1) is 0 Å². The van der Waals surface area contributed by atoms with Gasteiger partial charge in [-0.1, -0.05) is 30.7 Å². The lowest BCUT2D eigenvalue weighted by molar-refractivity contribution is 0.216. The summed E-state index contributed by atoms with van der Waals surface area (Å²) in [7, 11) is 2.24. The number of likely N-dealkylation sites (N-methyl/N-ethyl adjacent to an activating group) is 1. The van der Waals surface area contributed by atoms with E-state index in [1.165, 1.54) is 23.6 Å². The van der Waals surface area contributed by atoms with Gasteiger partial charge in [-0.3, -0.25) is 4.90 Å². The first kappa shape index (κ1) is 16.2. The van der Waals surface area contributed by atoms with Crippen LogP contribution in [-0.2, 0) is 0 Å². The van der Waals surface area contributed by atoms with Gasteiger partial charge in [0, 0.05) is 35.2 Å². The summed E-state index contributed by atoms with van der Waals surface area (Å²) in [4.78, 5) is 2.48. The zero-order valence-corrected chi connectivity index (χ0v) is 14.2. The summed E-state index contributed by atoms with van der Waals surface area (Å²) >= 11 is 8.38. The van der Waals surface area contributed by atoms with E-state index >= 15 is 0 Å². The van der Waals surface area contributed by atoms with E-state index in [9.17, 15) is 0 Å². The van der Waals surface area contributed by atoms with Crippen molar-refractivity contribution in [3.63, 3.8) is 0 Å². The van der Waals surface area contributed by atoms with E-state index in [4.69, 9.17) is 11.6 Å². The molecule has 0 aromatic heterocycles. The molecule has 2 unspecified atom stereocenters. The number of aryl methyl sites for hydroxylation is 1. The Morgan fingerprint density at radius 2 is 2.30 bits per heavy atom. The van der Waals surface area contributed by atoms with Gasteiger partial charge in [-0.2, -0.15) is 11.8 Å². The smallest absolute Gasteiger partial charge is 0.0486 e. The molecule has 1 aliphatic heterocycles. The Bertz CT molecular complexity index is 438. The van der Waals surface area contributed by atoms with Gasteiger partial charge in [-0.25, -0.2) is 0 Å². The number of benzene rings is 1. The van der Waals surface area contributed by atoms with Gasteiger partial charge >= 0.3 is 0 Å². The number of nitrogens with one attached hydrogen (secondary N) is 1. The lowest BCUT2D eigenvalue weighted by Crippen LogP contribution is -2.48. The molecule has 0 bridgehead atoms. The standard InChI is InChI=1S/C16H25ClN2S/c1-4-7-18-16(15-11-20-9-8-19(15)3)13-6-5-12(2)14(17)10-13/h5-6,10,15-16,18H,4,7-9,11H2,1-3H3. The maximum absolute atomic E-state index is 6.32. The van der Waals surface area contributed by atoms with Gasteiger partial charge < -0.3 is 5.32 Å². The fraction of sp³-hybridized carbons (Fsp3) is 0.625. The van der Waals surface area contributed by atoms with Crippen LogP contribution in [0, 0.1) is 6.92 Å². The van der Waals surface area contributed by atoms with Crippen LogP contribution in [0.3, 0.4) is 0 Å². The number of halogens is 1. The molecule has 1 aromatic rings. The number of nitrogens with zero attached hydrogens (tertiary/aromatic N) is 1. The van der Waals surface area contributed by atoms with Crippen LogP contribution in [0.15, 0.2) is 18.2 Å². The average Bonchev–Trinajstić information content (AvgIpc) is 2.44. The van der Waals surface area contributed by atoms with E-state index in [1.54, 1.807) is 0 Å². The maximum Gasteiger partial charge on any atom is 0.0486 e. The van der Waals surface area contributed by atoms with Crippen molar-refractivity contribution in [3.8, 4) is 0 Å². The molecular formula is C16H25ClN2S. The monoisotopic (exact) mass is 312 g/mol. The highest BCUT2D eigenvalue weighted by molar-refractivity contribution is 7.99. The number of rotatable bonds is 5. The summed E-state index contributed by atoms with van der Waals surface area (Å²) in [5.74, 6) is 2.42. The van der Waals surface area contributed by atoms with Crippen LogP contribution in [0.4, 0.5) is 0 Å². The first-order valence-corrected chi connectivity index (χ1v) is 8.94. The summed E-state index contributed by atoms with van der Waals surface area (Å²) in [5, 5.41) is 4.59. The highest BCUT2D eigenvalue weighted by Gasteiger charge is 2.28. The fourth-order valence-electron chi connectivity index (χ4n) is 2.63. The molecule has 0 amide bonds. The molecule has 1 aromatic carbocycles. The SMILES string of the molecule is CCCNC(c1ccc(C)c(Cl)c1)C1CSCCN1C. The predicted octanol–water partition coefficient (Wildman–Crippen LogP) is 3.74. The summed E-state index contributed by atoms with van der Waals surface area (Å²) in [5.41, 5.74) is 2.46. The molecule has 2 rings (SSSR count). The third kappa shape index (κ3) is 3.91. The topological polar surface area (TPSA) is 15.3 Å². The van der Waals surface area contributed by atoms with Crippen molar-refractivity contribution in [2.24, 2.45) is 0 Å². The van der Waals surface area contributed by atoms with E-state index < -0.39 is 0 Å². The fourth-order valence-corrected chi connectivity index (χ4v) is 4.10. The van der Waals surface area contributed by atoms with Gasteiger partial charge in [0.05, 0.1) is 0 Å². The highest BCUT2D eigenvalue weighted by Crippen LogP contribution is 2.29. The Kier molecular flexibility index (Phi) is 6.21. The maximum atomic E-state index is 6.32. The Balaban J connectivity index is 2.23. The zero-order chi connectivity index (χ0) is 14.5. The molecule has 1 N–H and O–H groups in total. The molecule has 0 spiro atoms. The van der Waals surface area contributed by atoms with E-state index in [2.05, 4.69) is 61.1 Å². The second kappa shape index (κ2) is 7.69. The zero-order valence-electron chi connectivity index (χ0n) is 12.7. The molecule has 0 aliphatic carbocycles. The molecule has 0 radical (unpaired) electrons. The summed E-state index contributed by atoms with van der Waals surface area (Å²) in [6, 6.07) is 7.40. The number of hydrogen-bond donors (Lipinski definition) is 1. The van der Waals surface area contributed by atoms with Gasteiger partial charge in [0.1, 0.15) is 0 Å². The van der Waals surface area contributed by atoms with Gasteiger partial charge in [0.2, 0.25) is 0 Å². The summed E-state index contributed by atoms with van der Waals surface area (Å²) in [6.45, 7) is 6.49. The van der Waals surface area contributed by atoms with Crippen molar-refractivity contribution in [3.05, 3.63) is 34.3 Å². The largest absolute Gasteiger partial charge is 0.309 e. The highest BCUT2D eigenvalue weighted by atomic mass is 35.5.